The third-order valence-electron chi connectivity index (χ3n) is 8.88. The van der Waals surface area contributed by atoms with E-state index in [0.29, 0.717) is 23.4 Å². The van der Waals surface area contributed by atoms with Crippen LogP contribution in [-0.2, 0) is 11.1 Å². The van der Waals surface area contributed by atoms with E-state index < -0.39 is 23.4 Å². The average molecular weight is 791 g/mol. The maximum atomic E-state index is 14.2. The summed E-state index contributed by atoms with van der Waals surface area (Å²) in [4.78, 5) is 33.8. The molecular formula is C40H44F2N14O2. The number of pyridine rings is 4. The molecule has 0 aliphatic rings. The van der Waals surface area contributed by atoms with Gasteiger partial charge in [0.25, 0.3) is 0 Å². The van der Waals surface area contributed by atoms with Gasteiger partial charge in [-0.25, -0.2) is 48.7 Å². The molecule has 6 aromatic heterocycles. The fraction of sp³-hybridized carbons (Fsp3) is 0.350. The number of nitrogens with zero attached hydrogens (tertiary/aromatic N) is 10. The lowest BCUT2D eigenvalue weighted by molar-refractivity contribution is 0.325. The van der Waals surface area contributed by atoms with Gasteiger partial charge in [0.2, 0.25) is 11.8 Å². The molecular weight excluding hydrogens is 747 g/mol. The van der Waals surface area contributed by atoms with Crippen molar-refractivity contribution < 1.29 is 18.3 Å². The number of ether oxygens (including phenoxy) is 2. The summed E-state index contributed by atoms with van der Waals surface area (Å²) in [6, 6.07) is 7.34. The Balaban J connectivity index is 0.000000221. The molecule has 6 heterocycles. The van der Waals surface area contributed by atoms with Crippen LogP contribution in [0.1, 0.15) is 101 Å². The Kier molecular flexibility index (Phi) is 12.8. The smallest absolute Gasteiger partial charge is 0.222 e. The molecule has 0 amide bonds. The Morgan fingerprint density at radius 2 is 0.983 bits per heavy atom. The number of halogens is 2. The number of nitrogens with one attached hydrogen (secondary N) is 2. The predicted molar refractivity (Wildman–Crippen MR) is 215 cm³/mol. The van der Waals surface area contributed by atoms with Crippen LogP contribution in [0.25, 0.3) is 21.5 Å². The van der Waals surface area contributed by atoms with E-state index >= 15 is 0 Å². The first-order valence-corrected chi connectivity index (χ1v) is 18.2. The van der Waals surface area contributed by atoms with E-state index in [4.69, 9.17) is 31.5 Å². The molecule has 0 unspecified atom stereocenters. The van der Waals surface area contributed by atoms with Gasteiger partial charge in [-0.1, -0.05) is 13.8 Å². The van der Waals surface area contributed by atoms with Gasteiger partial charge in [-0.15, -0.1) is 0 Å². The van der Waals surface area contributed by atoms with E-state index in [0.717, 1.165) is 32.7 Å². The first-order chi connectivity index (χ1) is 27.6. The summed E-state index contributed by atoms with van der Waals surface area (Å²) in [6.45, 7) is 10.9. The molecule has 16 nitrogen and oxygen atoms in total. The highest BCUT2D eigenvalue weighted by molar-refractivity contribution is 5.92. The molecule has 0 radical (unpaired) electrons. The molecule has 0 aromatic carbocycles. The fourth-order valence-corrected chi connectivity index (χ4v) is 5.90. The molecule has 0 spiro atoms. The molecule has 0 saturated carbocycles. The summed E-state index contributed by atoms with van der Waals surface area (Å²) in [6.07, 6.45) is 7.01. The lowest BCUT2D eigenvalue weighted by atomic mass is 9.93. The number of hydrogen-bond donors (Lipinski definition) is 4. The van der Waals surface area contributed by atoms with E-state index in [1.807, 2.05) is 39.8 Å². The molecule has 6 rings (SSSR count). The minimum Gasteiger partial charge on any atom is -0.481 e. The maximum Gasteiger partial charge on any atom is 0.222 e. The highest BCUT2D eigenvalue weighted by atomic mass is 19.1. The molecule has 0 bridgehead atoms. The molecule has 18 heteroatoms. The topological polar surface area (TPSA) is 245 Å². The number of aromatic nitrogens is 8. The van der Waals surface area contributed by atoms with E-state index in [9.17, 15) is 8.78 Å². The zero-order valence-corrected chi connectivity index (χ0v) is 33.4. The summed E-state index contributed by atoms with van der Waals surface area (Å²) >= 11 is 0. The SMILES string of the molecule is CC[C@@H](F)c1nc(Nc2cc3c(C(C)(C)N)cnc(OC)c3cn2)cnc1C#N.CC[C@H](F)c1nc(Nc2cc3c(C(C)(C)N)cnc(OC)c3cn2)cnc1C#N. The van der Waals surface area contributed by atoms with Crippen LogP contribution in [0.5, 0.6) is 11.8 Å². The van der Waals surface area contributed by atoms with Crippen LogP contribution >= 0.6 is 0 Å². The molecule has 58 heavy (non-hydrogen) atoms. The van der Waals surface area contributed by atoms with Crippen LogP contribution in [0.2, 0.25) is 0 Å². The van der Waals surface area contributed by atoms with E-state index in [1.165, 1.54) is 26.6 Å². The second-order valence-electron chi connectivity index (χ2n) is 14.2. The van der Waals surface area contributed by atoms with Gasteiger partial charge in [0.05, 0.1) is 37.4 Å². The molecule has 300 valence electrons. The number of alkyl halides is 2. The van der Waals surface area contributed by atoms with Gasteiger partial charge in [-0.05, 0) is 74.6 Å². The van der Waals surface area contributed by atoms with Crippen molar-refractivity contribution in [1.29, 1.82) is 10.5 Å². The summed E-state index contributed by atoms with van der Waals surface area (Å²) < 4.78 is 39.0. The molecule has 6 N–H and O–H groups in total. The maximum absolute atomic E-state index is 14.2. The third-order valence-corrected chi connectivity index (χ3v) is 8.88. The zero-order chi connectivity index (χ0) is 42.4. The van der Waals surface area contributed by atoms with Gasteiger partial charge >= 0.3 is 0 Å². The first-order valence-electron chi connectivity index (χ1n) is 18.2. The number of nitriles is 2. The minimum atomic E-state index is -1.37. The number of anilines is 4. The molecule has 0 fully saturated rings. The molecule has 0 aliphatic carbocycles. The second kappa shape index (κ2) is 17.6. The Labute approximate surface area is 334 Å². The van der Waals surface area contributed by atoms with Crippen LogP contribution in [-0.4, -0.2) is 54.1 Å². The Morgan fingerprint density at radius 3 is 1.29 bits per heavy atom. The fourth-order valence-electron chi connectivity index (χ4n) is 5.90. The average Bonchev–Trinajstić information content (AvgIpc) is 3.21. The van der Waals surface area contributed by atoms with Crippen molar-refractivity contribution in [3.63, 3.8) is 0 Å². The molecule has 6 aromatic rings. The molecule has 0 aliphatic heterocycles. The lowest BCUT2D eigenvalue weighted by Crippen LogP contribution is -2.29. The minimum absolute atomic E-state index is 0.00967. The quantitative estimate of drug-likeness (QED) is 0.0948. The van der Waals surface area contributed by atoms with E-state index in [2.05, 4.69) is 50.5 Å². The van der Waals surface area contributed by atoms with Crippen LogP contribution in [0.3, 0.4) is 0 Å². The van der Waals surface area contributed by atoms with Crippen molar-refractivity contribution in [2.24, 2.45) is 11.5 Å². The number of hydrogen-bond acceptors (Lipinski definition) is 16. The number of rotatable bonds is 12. The van der Waals surface area contributed by atoms with Crippen molar-refractivity contribution in [1.82, 2.24) is 39.9 Å². The Hall–Kier alpha value is -6.76. The zero-order valence-electron chi connectivity index (χ0n) is 33.4. The van der Waals surface area contributed by atoms with E-state index in [-0.39, 0.29) is 47.3 Å². The van der Waals surface area contributed by atoms with Crippen LogP contribution in [0, 0.1) is 22.7 Å². The number of nitrogens with two attached hydrogens (primary N) is 2. The standard InChI is InChI=1S/2C20H22FN7O/c2*1-5-14(21)18-15(7-22)24-10-17(28-18)27-16-6-11-12(8-25-16)19(29-4)26-9-13(11)20(2,3)23/h2*6,8-10,14H,5,23H2,1-4H3,(H,25,27,28)/t2*14-/m10/s1. The predicted octanol–water partition coefficient (Wildman–Crippen LogP) is 7.32. The summed E-state index contributed by atoms with van der Waals surface area (Å²) in [5.41, 5.74) is 12.9. The van der Waals surface area contributed by atoms with Gasteiger partial charge in [-0.2, -0.15) is 10.5 Å². The third kappa shape index (κ3) is 9.26. The molecule has 0 saturated heterocycles. The van der Waals surface area contributed by atoms with Crippen molar-refractivity contribution >= 4 is 44.8 Å². The van der Waals surface area contributed by atoms with Gasteiger partial charge in [0, 0.05) is 35.9 Å². The Bertz CT molecular complexity index is 2350. The van der Waals surface area contributed by atoms with Gasteiger partial charge in [0.1, 0.15) is 47.5 Å². The number of methoxy groups -OCH3 is 2. The summed E-state index contributed by atoms with van der Waals surface area (Å²) in [5, 5.41) is 27.4. The summed E-state index contributed by atoms with van der Waals surface area (Å²) in [7, 11) is 3.08. The molecule has 2 atom stereocenters. The van der Waals surface area contributed by atoms with Crippen molar-refractivity contribution in [3.8, 4) is 23.9 Å². The number of fused-ring (bicyclic) bond motifs is 2. The van der Waals surface area contributed by atoms with E-state index in [1.54, 1.807) is 50.8 Å². The Morgan fingerprint density at radius 1 is 0.603 bits per heavy atom. The highest BCUT2D eigenvalue weighted by Crippen LogP contribution is 2.34. The van der Waals surface area contributed by atoms with Crippen molar-refractivity contribution in [2.45, 2.75) is 77.8 Å². The van der Waals surface area contributed by atoms with Crippen LogP contribution in [0.15, 0.2) is 49.3 Å². The largest absolute Gasteiger partial charge is 0.481 e. The van der Waals surface area contributed by atoms with Crippen molar-refractivity contribution in [3.05, 3.63) is 83.2 Å². The van der Waals surface area contributed by atoms with Crippen LogP contribution < -0.4 is 31.6 Å². The second-order valence-corrected chi connectivity index (χ2v) is 14.2. The van der Waals surface area contributed by atoms with Crippen molar-refractivity contribution in [2.75, 3.05) is 24.9 Å². The highest BCUT2D eigenvalue weighted by Gasteiger charge is 2.23. The monoisotopic (exact) mass is 790 g/mol. The first kappa shape index (κ1) is 42.4. The normalized spacial score (nSPS) is 12.4. The lowest BCUT2D eigenvalue weighted by Gasteiger charge is -2.22. The van der Waals surface area contributed by atoms with Gasteiger partial charge < -0.3 is 31.6 Å². The van der Waals surface area contributed by atoms with Gasteiger partial charge in [0.15, 0.2) is 23.0 Å². The van der Waals surface area contributed by atoms with Gasteiger partial charge in [-0.3, -0.25) is 0 Å². The summed E-state index contributed by atoms with van der Waals surface area (Å²) in [5.74, 6) is 2.39. The van der Waals surface area contributed by atoms with Crippen LogP contribution in [0.4, 0.5) is 32.1 Å².